The largest absolute Gasteiger partial charge is 0.371 e. The molecule has 1 aromatic carbocycles. The van der Waals surface area contributed by atoms with Crippen molar-refractivity contribution in [3.63, 3.8) is 0 Å². The maximum Gasteiger partial charge on any atom is 0.248 e. The standard InChI is InChI=1S/C25H34N4O/c1-20-8-10-22(11-9-20)27-25(12-4-3-5-13-25)24(30)29-17-15-28(16-18-29)19-23-21(2)7-6-14-26-23/h6-11,14,27H,3-5,12-13,15-19H2,1-2H3. The van der Waals surface area contributed by atoms with Crippen LogP contribution in [0.5, 0.6) is 0 Å². The van der Waals surface area contributed by atoms with Crippen molar-refractivity contribution in [2.75, 3.05) is 31.5 Å². The minimum absolute atomic E-state index is 0.288. The average molecular weight is 407 g/mol. The Morgan fingerprint density at radius 1 is 1.00 bits per heavy atom. The summed E-state index contributed by atoms with van der Waals surface area (Å²) in [6, 6.07) is 12.5. The van der Waals surface area contributed by atoms with Crippen LogP contribution in [0.4, 0.5) is 5.69 Å². The van der Waals surface area contributed by atoms with E-state index in [2.05, 4.69) is 64.3 Å². The van der Waals surface area contributed by atoms with Gasteiger partial charge in [0.1, 0.15) is 5.54 Å². The van der Waals surface area contributed by atoms with E-state index in [1.54, 1.807) is 0 Å². The van der Waals surface area contributed by atoms with Crippen LogP contribution in [0.1, 0.15) is 48.9 Å². The Morgan fingerprint density at radius 3 is 2.37 bits per heavy atom. The van der Waals surface area contributed by atoms with Gasteiger partial charge in [0, 0.05) is 44.6 Å². The third kappa shape index (κ3) is 4.67. The molecule has 2 fully saturated rings. The Labute approximate surface area is 180 Å². The molecule has 2 aromatic rings. The highest BCUT2D eigenvalue weighted by atomic mass is 16.2. The minimum atomic E-state index is -0.451. The second-order valence-corrected chi connectivity index (χ2v) is 8.97. The summed E-state index contributed by atoms with van der Waals surface area (Å²) in [7, 11) is 0. The molecule has 1 N–H and O–H groups in total. The first-order valence-corrected chi connectivity index (χ1v) is 11.3. The van der Waals surface area contributed by atoms with E-state index in [9.17, 15) is 4.79 Å². The van der Waals surface area contributed by atoms with Gasteiger partial charge in [0.15, 0.2) is 0 Å². The number of nitrogens with one attached hydrogen (secondary N) is 1. The van der Waals surface area contributed by atoms with Crippen LogP contribution in [-0.4, -0.2) is 52.4 Å². The highest BCUT2D eigenvalue weighted by Gasteiger charge is 2.42. The molecule has 2 heterocycles. The zero-order chi connectivity index (χ0) is 21.0. The molecule has 0 bridgehead atoms. The van der Waals surface area contributed by atoms with Crippen LogP contribution in [0.3, 0.4) is 0 Å². The Bertz CT molecular complexity index is 850. The second-order valence-electron chi connectivity index (χ2n) is 8.97. The van der Waals surface area contributed by atoms with E-state index in [1.807, 2.05) is 12.3 Å². The molecular formula is C25H34N4O. The van der Waals surface area contributed by atoms with Crippen molar-refractivity contribution in [2.45, 2.75) is 58.0 Å². The number of aromatic nitrogens is 1. The molecular weight excluding hydrogens is 372 g/mol. The summed E-state index contributed by atoms with van der Waals surface area (Å²) in [6.45, 7) is 8.47. The molecule has 1 aliphatic heterocycles. The molecule has 1 aliphatic carbocycles. The van der Waals surface area contributed by atoms with Crippen molar-refractivity contribution in [3.05, 3.63) is 59.4 Å². The maximum atomic E-state index is 13.7. The van der Waals surface area contributed by atoms with Crippen molar-refractivity contribution in [1.29, 1.82) is 0 Å². The summed E-state index contributed by atoms with van der Waals surface area (Å²) < 4.78 is 0. The van der Waals surface area contributed by atoms with Gasteiger partial charge in [-0.3, -0.25) is 14.7 Å². The van der Waals surface area contributed by atoms with E-state index in [-0.39, 0.29) is 5.91 Å². The average Bonchev–Trinajstić information content (AvgIpc) is 2.78. The SMILES string of the molecule is Cc1ccc(NC2(C(=O)N3CCN(Cc4ncccc4C)CC3)CCCCC2)cc1. The zero-order valence-corrected chi connectivity index (χ0v) is 18.4. The van der Waals surface area contributed by atoms with E-state index in [1.165, 1.54) is 17.5 Å². The second kappa shape index (κ2) is 9.17. The van der Waals surface area contributed by atoms with Gasteiger partial charge < -0.3 is 10.2 Å². The lowest BCUT2D eigenvalue weighted by atomic mass is 9.80. The van der Waals surface area contributed by atoms with Gasteiger partial charge in [-0.25, -0.2) is 0 Å². The first kappa shape index (κ1) is 20.9. The first-order valence-electron chi connectivity index (χ1n) is 11.3. The minimum Gasteiger partial charge on any atom is -0.371 e. The van der Waals surface area contributed by atoms with Gasteiger partial charge in [-0.05, 0) is 50.5 Å². The molecule has 5 nitrogen and oxygen atoms in total. The van der Waals surface area contributed by atoms with Crippen LogP contribution in [0, 0.1) is 13.8 Å². The van der Waals surface area contributed by atoms with E-state index in [4.69, 9.17) is 0 Å². The maximum absolute atomic E-state index is 13.7. The summed E-state index contributed by atoms with van der Waals surface area (Å²) >= 11 is 0. The molecule has 2 aliphatic rings. The zero-order valence-electron chi connectivity index (χ0n) is 18.4. The fraction of sp³-hybridized carbons (Fsp3) is 0.520. The van der Waals surface area contributed by atoms with E-state index in [0.29, 0.717) is 0 Å². The van der Waals surface area contributed by atoms with Gasteiger partial charge in [-0.15, -0.1) is 0 Å². The van der Waals surface area contributed by atoms with Crippen LogP contribution >= 0.6 is 0 Å². The normalized spacial score (nSPS) is 19.5. The molecule has 0 unspecified atom stereocenters. The summed E-state index contributed by atoms with van der Waals surface area (Å²) in [4.78, 5) is 22.7. The number of hydrogen-bond acceptors (Lipinski definition) is 4. The molecule has 160 valence electrons. The van der Waals surface area contributed by atoms with Crippen molar-refractivity contribution in [2.24, 2.45) is 0 Å². The highest BCUT2D eigenvalue weighted by Crippen LogP contribution is 2.34. The van der Waals surface area contributed by atoms with Gasteiger partial charge in [0.2, 0.25) is 5.91 Å². The van der Waals surface area contributed by atoms with Crippen LogP contribution in [-0.2, 0) is 11.3 Å². The molecule has 1 amide bonds. The number of nitrogens with zero attached hydrogens (tertiary/aromatic N) is 3. The highest BCUT2D eigenvalue weighted by molar-refractivity contribution is 5.89. The predicted molar refractivity (Wildman–Crippen MR) is 121 cm³/mol. The Hall–Kier alpha value is -2.40. The van der Waals surface area contributed by atoms with E-state index < -0.39 is 5.54 Å². The molecule has 0 atom stereocenters. The molecule has 1 saturated carbocycles. The molecule has 30 heavy (non-hydrogen) atoms. The van der Waals surface area contributed by atoms with Crippen molar-refractivity contribution in [3.8, 4) is 0 Å². The van der Waals surface area contributed by atoms with E-state index in [0.717, 1.165) is 69.8 Å². The molecule has 0 radical (unpaired) electrons. The quantitative estimate of drug-likeness (QED) is 0.810. The molecule has 1 aromatic heterocycles. The number of hydrogen-bond donors (Lipinski definition) is 1. The molecule has 1 saturated heterocycles. The Kier molecular flexibility index (Phi) is 6.38. The summed E-state index contributed by atoms with van der Waals surface area (Å²) in [5, 5.41) is 3.66. The third-order valence-corrected chi connectivity index (χ3v) is 6.70. The molecule has 0 spiro atoms. The van der Waals surface area contributed by atoms with Gasteiger partial charge in [-0.2, -0.15) is 0 Å². The van der Waals surface area contributed by atoms with Crippen molar-refractivity contribution in [1.82, 2.24) is 14.8 Å². The lowest BCUT2D eigenvalue weighted by Gasteiger charge is -2.43. The fourth-order valence-corrected chi connectivity index (χ4v) is 4.77. The number of benzene rings is 1. The van der Waals surface area contributed by atoms with Gasteiger partial charge in [-0.1, -0.05) is 43.0 Å². The summed E-state index contributed by atoms with van der Waals surface area (Å²) in [5.41, 5.74) is 4.22. The Balaban J connectivity index is 1.41. The first-order chi connectivity index (χ1) is 14.6. The number of pyridine rings is 1. The summed E-state index contributed by atoms with van der Waals surface area (Å²) in [5.74, 6) is 0.288. The number of piperazine rings is 1. The van der Waals surface area contributed by atoms with Gasteiger partial charge in [0.25, 0.3) is 0 Å². The number of rotatable bonds is 5. The van der Waals surface area contributed by atoms with Crippen LogP contribution in [0.15, 0.2) is 42.6 Å². The van der Waals surface area contributed by atoms with Gasteiger partial charge >= 0.3 is 0 Å². The fourth-order valence-electron chi connectivity index (χ4n) is 4.77. The van der Waals surface area contributed by atoms with Crippen molar-refractivity contribution >= 4 is 11.6 Å². The Morgan fingerprint density at radius 2 is 1.70 bits per heavy atom. The lowest BCUT2D eigenvalue weighted by molar-refractivity contribution is -0.139. The molecule has 4 rings (SSSR count). The van der Waals surface area contributed by atoms with Crippen molar-refractivity contribution < 1.29 is 4.79 Å². The number of aryl methyl sites for hydroxylation is 2. The predicted octanol–water partition coefficient (Wildman–Crippen LogP) is 4.16. The number of anilines is 1. The summed E-state index contributed by atoms with van der Waals surface area (Å²) in [6.07, 6.45) is 7.17. The van der Waals surface area contributed by atoms with Crippen LogP contribution in [0.2, 0.25) is 0 Å². The van der Waals surface area contributed by atoms with Gasteiger partial charge in [0.05, 0.1) is 5.69 Å². The molecule has 5 heteroatoms. The van der Waals surface area contributed by atoms with E-state index >= 15 is 0 Å². The topological polar surface area (TPSA) is 48.5 Å². The van der Waals surface area contributed by atoms with Crippen LogP contribution in [0.25, 0.3) is 0 Å². The third-order valence-electron chi connectivity index (χ3n) is 6.70. The number of amides is 1. The number of carbonyl (C=O) groups excluding carboxylic acids is 1. The smallest absolute Gasteiger partial charge is 0.248 e. The lowest BCUT2D eigenvalue weighted by Crippen LogP contribution is -2.59. The van der Waals surface area contributed by atoms with Crippen LogP contribution < -0.4 is 5.32 Å². The number of carbonyl (C=O) groups is 1. The monoisotopic (exact) mass is 406 g/mol.